The number of nitrogens with zero attached hydrogens (tertiary/aromatic N) is 1. The third-order valence-corrected chi connectivity index (χ3v) is 3.47. The lowest BCUT2D eigenvalue weighted by Crippen LogP contribution is -2.37. The maximum absolute atomic E-state index is 11.9. The molecular formula is C15H22N2O3. The largest absolute Gasteiger partial charge is 0.478 e. The second kappa shape index (κ2) is 7.65. The van der Waals surface area contributed by atoms with E-state index in [4.69, 9.17) is 5.11 Å². The van der Waals surface area contributed by atoms with Crippen LogP contribution < -0.4 is 5.32 Å². The summed E-state index contributed by atoms with van der Waals surface area (Å²) in [6.45, 7) is 5.56. The molecule has 0 saturated heterocycles. The van der Waals surface area contributed by atoms with Crippen LogP contribution in [0.3, 0.4) is 0 Å². The molecule has 0 aromatic heterocycles. The molecule has 5 nitrogen and oxygen atoms in total. The van der Waals surface area contributed by atoms with Gasteiger partial charge in [-0.05, 0) is 38.6 Å². The molecule has 1 rings (SSSR count). The molecule has 0 aliphatic heterocycles. The summed E-state index contributed by atoms with van der Waals surface area (Å²) in [5.74, 6) is -1.28. The van der Waals surface area contributed by atoms with Crippen LogP contribution in [0.1, 0.15) is 41.0 Å². The minimum absolute atomic E-state index is 0.120. The molecule has 20 heavy (non-hydrogen) atoms. The van der Waals surface area contributed by atoms with Crippen LogP contribution in [0, 0.1) is 0 Å². The molecular weight excluding hydrogens is 256 g/mol. The maximum atomic E-state index is 11.9. The van der Waals surface area contributed by atoms with Gasteiger partial charge in [0.05, 0.1) is 5.56 Å². The Kier molecular flexibility index (Phi) is 6.18. The molecule has 0 fully saturated rings. The highest BCUT2D eigenvalue weighted by molar-refractivity contribution is 5.97. The molecule has 0 spiro atoms. The SMILES string of the molecule is CCC(C)N(C)CCNC(=O)c1cccc(C(=O)O)c1. The second-order valence-corrected chi connectivity index (χ2v) is 4.88. The summed E-state index contributed by atoms with van der Waals surface area (Å²) >= 11 is 0. The average Bonchev–Trinajstić information content (AvgIpc) is 2.46. The molecule has 2 N–H and O–H groups in total. The van der Waals surface area contributed by atoms with Gasteiger partial charge in [-0.2, -0.15) is 0 Å². The second-order valence-electron chi connectivity index (χ2n) is 4.88. The van der Waals surface area contributed by atoms with Gasteiger partial charge < -0.3 is 15.3 Å². The molecule has 0 aliphatic carbocycles. The normalized spacial score (nSPS) is 12.2. The van der Waals surface area contributed by atoms with E-state index in [2.05, 4.69) is 24.1 Å². The molecule has 1 unspecified atom stereocenters. The van der Waals surface area contributed by atoms with E-state index in [1.54, 1.807) is 12.1 Å². The third-order valence-electron chi connectivity index (χ3n) is 3.47. The number of nitrogens with one attached hydrogen (secondary N) is 1. The summed E-state index contributed by atoms with van der Waals surface area (Å²) in [7, 11) is 2.02. The monoisotopic (exact) mass is 278 g/mol. The first kappa shape index (κ1) is 16.2. The zero-order valence-corrected chi connectivity index (χ0v) is 12.2. The van der Waals surface area contributed by atoms with Crippen molar-refractivity contribution in [2.45, 2.75) is 26.3 Å². The Labute approximate surface area is 119 Å². The summed E-state index contributed by atoms with van der Waals surface area (Å²) in [4.78, 5) is 24.9. The first-order valence-electron chi connectivity index (χ1n) is 6.77. The Bertz CT molecular complexity index is 474. The van der Waals surface area contributed by atoms with E-state index in [-0.39, 0.29) is 11.5 Å². The molecule has 0 heterocycles. The molecule has 0 aliphatic rings. The van der Waals surface area contributed by atoms with Gasteiger partial charge in [0.2, 0.25) is 0 Å². The van der Waals surface area contributed by atoms with Gasteiger partial charge in [-0.15, -0.1) is 0 Å². The Morgan fingerprint density at radius 1 is 1.35 bits per heavy atom. The van der Waals surface area contributed by atoms with Crippen LogP contribution in [0.15, 0.2) is 24.3 Å². The number of aromatic carboxylic acids is 1. The van der Waals surface area contributed by atoms with Crippen molar-refractivity contribution in [2.24, 2.45) is 0 Å². The lowest BCUT2D eigenvalue weighted by Gasteiger charge is -2.23. The zero-order chi connectivity index (χ0) is 15.1. The molecule has 1 aromatic rings. The quantitative estimate of drug-likeness (QED) is 0.798. The minimum atomic E-state index is -1.03. The van der Waals surface area contributed by atoms with E-state index in [9.17, 15) is 9.59 Å². The first-order chi connectivity index (χ1) is 9.45. The van der Waals surface area contributed by atoms with Crippen LogP contribution in [0.25, 0.3) is 0 Å². The Balaban J connectivity index is 2.51. The molecule has 1 amide bonds. The Morgan fingerprint density at radius 3 is 2.60 bits per heavy atom. The van der Waals surface area contributed by atoms with Gasteiger partial charge in [-0.3, -0.25) is 4.79 Å². The first-order valence-corrected chi connectivity index (χ1v) is 6.77. The molecule has 0 saturated carbocycles. The Morgan fingerprint density at radius 2 is 2.00 bits per heavy atom. The van der Waals surface area contributed by atoms with Gasteiger partial charge >= 0.3 is 5.97 Å². The summed E-state index contributed by atoms with van der Waals surface area (Å²) in [5.41, 5.74) is 0.491. The number of likely N-dealkylation sites (N-methyl/N-ethyl adjacent to an activating group) is 1. The summed E-state index contributed by atoms with van der Waals surface area (Å²) in [5, 5.41) is 11.7. The predicted octanol–water partition coefficient (Wildman–Crippen LogP) is 1.84. The van der Waals surface area contributed by atoms with Crippen molar-refractivity contribution in [3.8, 4) is 0 Å². The standard InChI is InChI=1S/C15H22N2O3/c1-4-11(2)17(3)9-8-16-14(18)12-6-5-7-13(10-12)15(19)20/h5-7,10-11H,4,8-9H2,1-3H3,(H,16,18)(H,19,20). The lowest BCUT2D eigenvalue weighted by atomic mass is 10.1. The van der Waals surface area contributed by atoms with Crippen molar-refractivity contribution < 1.29 is 14.7 Å². The van der Waals surface area contributed by atoms with E-state index >= 15 is 0 Å². The fourth-order valence-corrected chi connectivity index (χ4v) is 1.77. The molecule has 1 aromatic carbocycles. The van der Waals surface area contributed by atoms with Crippen molar-refractivity contribution in [3.63, 3.8) is 0 Å². The number of hydrogen-bond donors (Lipinski definition) is 2. The number of rotatable bonds is 7. The highest BCUT2D eigenvalue weighted by Gasteiger charge is 2.10. The summed E-state index contributed by atoms with van der Waals surface area (Å²) in [6.07, 6.45) is 1.06. The molecule has 5 heteroatoms. The number of carboxylic acids is 1. The summed E-state index contributed by atoms with van der Waals surface area (Å²) < 4.78 is 0. The number of hydrogen-bond acceptors (Lipinski definition) is 3. The van der Waals surface area contributed by atoms with Crippen molar-refractivity contribution in [3.05, 3.63) is 35.4 Å². The van der Waals surface area contributed by atoms with Crippen LogP contribution in [0.4, 0.5) is 0 Å². The van der Waals surface area contributed by atoms with Crippen molar-refractivity contribution in [2.75, 3.05) is 20.1 Å². The van der Waals surface area contributed by atoms with Gasteiger partial charge in [0.1, 0.15) is 0 Å². The van der Waals surface area contributed by atoms with Crippen molar-refractivity contribution in [1.29, 1.82) is 0 Å². The van der Waals surface area contributed by atoms with Gasteiger partial charge in [0.15, 0.2) is 0 Å². The van der Waals surface area contributed by atoms with Crippen LogP contribution in [-0.2, 0) is 0 Å². The fourth-order valence-electron chi connectivity index (χ4n) is 1.77. The maximum Gasteiger partial charge on any atom is 0.335 e. The minimum Gasteiger partial charge on any atom is -0.478 e. The smallest absolute Gasteiger partial charge is 0.335 e. The van der Waals surface area contributed by atoms with Gasteiger partial charge in [0, 0.05) is 24.7 Å². The Hall–Kier alpha value is -1.88. The number of benzene rings is 1. The van der Waals surface area contributed by atoms with Gasteiger partial charge in [-0.1, -0.05) is 13.0 Å². The molecule has 1 atom stereocenters. The average molecular weight is 278 g/mol. The van der Waals surface area contributed by atoms with Crippen LogP contribution in [0.5, 0.6) is 0 Å². The predicted molar refractivity (Wildman–Crippen MR) is 78.1 cm³/mol. The van der Waals surface area contributed by atoms with E-state index in [0.29, 0.717) is 18.2 Å². The lowest BCUT2D eigenvalue weighted by molar-refractivity contribution is 0.0697. The van der Waals surface area contributed by atoms with Crippen LogP contribution in [0.2, 0.25) is 0 Å². The van der Waals surface area contributed by atoms with Crippen LogP contribution >= 0.6 is 0 Å². The van der Waals surface area contributed by atoms with E-state index < -0.39 is 5.97 Å². The highest BCUT2D eigenvalue weighted by Crippen LogP contribution is 2.05. The van der Waals surface area contributed by atoms with Crippen molar-refractivity contribution >= 4 is 11.9 Å². The molecule has 110 valence electrons. The fraction of sp³-hybridized carbons (Fsp3) is 0.467. The number of carboxylic acid groups (broad SMARTS) is 1. The zero-order valence-electron chi connectivity index (χ0n) is 12.2. The highest BCUT2D eigenvalue weighted by atomic mass is 16.4. The number of amides is 1. The third kappa shape index (κ3) is 4.66. The topological polar surface area (TPSA) is 69.6 Å². The van der Waals surface area contributed by atoms with E-state index in [1.165, 1.54) is 12.1 Å². The van der Waals surface area contributed by atoms with Gasteiger partial charge in [0.25, 0.3) is 5.91 Å². The summed E-state index contributed by atoms with van der Waals surface area (Å²) in [6, 6.07) is 6.51. The van der Waals surface area contributed by atoms with Gasteiger partial charge in [-0.25, -0.2) is 4.79 Å². The molecule has 0 radical (unpaired) electrons. The number of carbonyl (C=O) groups is 2. The molecule has 0 bridgehead atoms. The number of carbonyl (C=O) groups excluding carboxylic acids is 1. The van der Waals surface area contributed by atoms with Crippen LogP contribution in [-0.4, -0.2) is 48.1 Å². The van der Waals surface area contributed by atoms with E-state index in [0.717, 1.165) is 13.0 Å². The van der Waals surface area contributed by atoms with E-state index in [1.807, 2.05) is 7.05 Å². The van der Waals surface area contributed by atoms with Crippen molar-refractivity contribution in [1.82, 2.24) is 10.2 Å².